The van der Waals surface area contributed by atoms with Crippen molar-refractivity contribution in [3.8, 4) is 11.5 Å². The van der Waals surface area contributed by atoms with Gasteiger partial charge in [-0.3, -0.25) is 0 Å². The van der Waals surface area contributed by atoms with E-state index in [2.05, 4.69) is 20.0 Å². The number of para-hydroxylation sites is 1. The van der Waals surface area contributed by atoms with Crippen molar-refractivity contribution < 1.29 is 17.5 Å². The molecule has 0 saturated heterocycles. The molecule has 4 aromatic rings. The maximum Gasteiger partial charge on any atom is 0.242 e. The van der Waals surface area contributed by atoms with Crippen LogP contribution in [0.25, 0.3) is 22.5 Å². The second-order valence-corrected chi connectivity index (χ2v) is 7.70. The SMILES string of the molecule is CCn1cccc1-c1noc(CNS(=O)(=O)Cc2noc3ccccc23)n1. The molecule has 0 aliphatic heterocycles. The summed E-state index contributed by atoms with van der Waals surface area (Å²) in [7, 11) is -3.66. The minimum Gasteiger partial charge on any atom is -0.356 e. The third-order valence-corrected chi connectivity index (χ3v) is 5.33. The number of nitrogens with zero attached hydrogens (tertiary/aromatic N) is 4. The van der Waals surface area contributed by atoms with Crippen molar-refractivity contribution in [1.82, 2.24) is 24.6 Å². The molecule has 0 amide bonds. The van der Waals surface area contributed by atoms with Gasteiger partial charge >= 0.3 is 0 Å². The van der Waals surface area contributed by atoms with E-state index in [-0.39, 0.29) is 18.2 Å². The fraction of sp³-hybridized carbons (Fsp3) is 0.235. The van der Waals surface area contributed by atoms with Gasteiger partial charge in [-0.05, 0) is 31.2 Å². The van der Waals surface area contributed by atoms with Crippen LogP contribution in [-0.2, 0) is 28.9 Å². The van der Waals surface area contributed by atoms with Crippen molar-refractivity contribution >= 4 is 21.0 Å². The fourth-order valence-electron chi connectivity index (χ4n) is 2.77. The Balaban J connectivity index is 1.45. The van der Waals surface area contributed by atoms with Crippen molar-refractivity contribution in [1.29, 1.82) is 0 Å². The molecule has 0 atom stereocenters. The van der Waals surface area contributed by atoms with Gasteiger partial charge in [0.15, 0.2) is 5.58 Å². The number of hydrogen-bond donors (Lipinski definition) is 1. The largest absolute Gasteiger partial charge is 0.356 e. The molecule has 0 saturated carbocycles. The molecule has 1 aromatic carbocycles. The highest BCUT2D eigenvalue weighted by atomic mass is 32.2. The average molecular weight is 387 g/mol. The lowest BCUT2D eigenvalue weighted by Gasteiger charge is -2.02. The highest BCUT2D eigenvalue weighted by Crippen LogP contribution is 2.20. The van der Waals surface area contributed by atoms with Crippen LogP contribution in [0.4, 0.5) is 0 Å². The summed E-state index contributed by atoms with van der Waals surface area (Å²) in [6.07, 6.45) is 1.91. The number of benzene rings is 1. The van der Waals surface area contributed by atoms with Gasteiger partial charge in [-0.1, -0.05) is 22.4 Å². The summed E-state index contributed by atoms with van der Waals surface area (Å²) in [6, 6.07) is 10.9. The van der Waals surface area contributed by atoms with Crippen LogP contribution in [0.1, 0.15) is 18.5 Å². The summed E-state index contributed by atoms with van der Waals surface area (Å²) in [5, 5.41) is 8.43. The topological polar surface area (TPSA) is 116 Å². The van der Waals surface area contributed by atoms with Gasteiger partial charge in [-0.25, -0.2) is 13.1 Å². The molecule has 3 heterocycles. The Hall–Kier alpha value is -2.98. The van der Waals surface area contributed by atoms with Gasteiger partial charge in [0.2, 0.25) is 21.7 Å². The molecule has 4 rings (SSSR count). The molecule has 0 spiro atoms. The number of aryl methyl sites for hydroxylation is 1. The number of hydrogen-bond acceptors (Lipinski definition) is 7. The Morgan fingerprint density at radius 1 is 1.11 bits per heavy atom. The fourth-order valence-corrected chi connectivity index (χ4v) is 3.78. The summed E-state index contributed by atoms with van der Waals surface area (Å²) in [5.74, 6) is 0.296. The normalized spacial score (nSPS) is 12.0. The molecule has 0 aliphatic carbocycles. The van der Waals surface area contributed by atoms with E-state index in [1.54, 1.807) is 24.3 Å². The third kappa shape index (κ3) is 3.62. The van der Waals surface area contributed by atoms with Gasteiger partial charge in [0, 0.05) is 18.1 Å². The monoisotopic (exact) mass is 387 g/mol. The number of rotatable bonds is 7. The maximum absolute atomic E-state index is 12.4. The standard InChI is InChI=1S/C17H17N5O4S/c1-2-22-9-5-7-14(22)17-19-16(26-21-17)10-18-27(23,24)11-13-12-6-3-4-8-15(12)25-20-13/h3-9,18H,2,10-11H2,1H3. The second kappa shape index (κ2) is 6.97. The van der Waals surface area contributed by atoms with E-state index in [9.17, 15) is 8.42 Å². The zero-order chi connectivity index (χ0) is 18.9. The zero-order valence-electron chi connectivity index (χ0n) is 14.5. The molecule has 0 aliphatic rings. The van der Waals surface area contributed by atoms with E-state index in [0.29, 0.717) is 22.5 Å². The molecule has 0 radical (unpaired) electrons. The molecule has 3 aromatic heterocycles. The predicted octanol–water partition coefficient (Wildman–Crippen LogP) is 2.32. The van der Waals surface area contributed by atoms with Gasteiger partial charge in [0.25, 0.3) is 0 Å². The molecular formula is C17H17N5O4S. The molecule has 27 heavy (non-hydrogen) atoms. The van der Waals surface area contributed by atoms with Crippen LogP contribution in [0.5, 0.6) is 0 Å². The first-order chi connectivity index (χ1) is 13.1. The maximum atomic E-state index is 12.4. The lowest BCUT2D eigenvalue weighted by Crippen LogP contribution is -2.25. The summed E-state index contributed by atoms with van der Waals surface area (Å²) in [5.41, 5.74) is 1.71. The Kier molecular flexibility index (Phi) is 4.50. The van der Waals surface area contributed by atoms with E-state index in [0.717, 1.165) is 12.2 Å². The van der Waals surface area contributed by atoms with E-state index in [1.807, 2.05) is 29.8 Å². The summed E-state index contributed by atoms with van der Waals surface area (Å²) < 4.78 is 39.4. The molecular weight excluding hydrogens is 370 g/mol. The minimum absolute atomic E-state index is 0.0993. The van der Waals surface area contributed by atoms with E-state index in [4.69, 9.17) is 9.05 Å². The van der Waals surface area contributed by atoms with Crippen LogP contribution < -0.4 is 4.72 Å². The van der Waals surface area contributed by atoms with Gasteiger partial charge in [0.05, 0.1) is 12.2 Å². The highest BCUT2D eigenvalue weighted by Gasteiger charge is 2.19. The molecule has 10 heteroatoms. The molecule has 0 bridgehead atoms. The summed E-state index contributed by atoms with van der Waals surface area (Å²) >= 11 is 0. The Bertz CT molecular complexity index is 1170. The van der Waals surface area contributed by atoms with Crippen molar-refractivity contribution in [3.63, 3.8) is 0 Å². The Labute approximate surface area is 155 Å². The summed E-state index contributed by atoms with van der Waals surface area (Å²) in [6.45, 7) is 2.68. The van der Waals surface area contributed by atoms with Crippen molar-refractivity contribution in [2.45, 2.75) is 25.8 Å². The van der Waals surface area contributed by atoms with Crippen LogP contribution in [0.3, 0.4) is 0 Å². The van der Waals surface area contributed by atoms with Crippen LogP contribution >= 0.6 is 0 Å². The zero-order valence-corrected chi connectivity index (χ0v) is 15.3. The second-order valence-electron chi connectivity index (χ2n) is 5.90. The van der Waals surface area contributed by atoms with Crippen LogP contribution in [0, 0.1) is 0 Å². The number of sulfonamides is 1. The molecule has 0 fully saturated rings. The first-order valence-corrected chi connectivity index (χ1v) is 9.99. The van der Waals surface area contributed by atoms with E-state index in [1.165, 1.54) is 0 Å². The first-order valence-electron chi connectivity index (χ1n) is 8.34. The van der Waals surface area contributed by atoms with Gasteiger partial charge < -0.3 is 13.6 Å². The van der Waals surface area contributed by atoms with Crippen molar-refractivity contribution in [3.05, 3.63) is 54.2 Å². The lowest BCUT2D eigenvalue weighted by molar-refractivity contribution is 0.375. The molecule has 0 unspecified atom stereocenters. The molecule has 9 nitrogen and oxygen atoms in total. The predicted molar refractivity (Wildman–Crippen MR) is 96.9 cm³/mol. The number of fused-ring (bicyclic) bond motifs is 1. The summed E-state index contributed by atoms with van der Waals surface area (Å²) in [4.78, 5) is 4.25. The Morgan fingerprint density at radius 2 is 1.96 bits per heavy atom. The Morgan fingerprint density at radius 3 is 2.81 bits per heavy atom. The van der Waals surface area contributed by atoms with Crippen LogP contribution in [-0.4, -0.2) is 28.3 Å². The van der Waals surface area contributed by atoms with Crippen molar-refractivity contribution in [2.24, 2.45) is 0 Å². The van der Waals surface area contributed by atoms with E-state index < -0.39 is 10.0 Å². The smallest absolute Gasteiger partial charge is 0.242 e. The first kappa shape index (κ1) is 17.4. The highest BCUT2D eigenvalue weighted by molar-refractivity contribution is 7.88. The quantitative estimate of drug-likeness (QED) is 0.517. The van der Waals surface area contributed by atoms with E-state index >= 15 is 0 Å². The van der Waals surface area contributed by atoms with Gasteiger partial charge in [-0.2, -0.15) is 4.98 Å². The van der Waals surface area contributed by atoms with Crippen molar-refractivity contribution in [2.75, 3.05) is 0 Å². The minimum atomic E-state index is -3.66. The number of nitrogens with one attached hydrogen (secondary N) is 1. The lowest BCUT2D eigenvalue weighted by atomic mass is 10.2. The molecule has 1 N–H and O–H groups in total. The van der Waals surface area contributed by atoms with Crippen LogP contribution in [0.2, 0.25) is 0 Å². The van der Waals surface area contributed by atoms with Gasteiger partial charge in [0.1, 0.15) is 11.4 Å². The average Bonchev–Trinajstić information content (AvgIpc) is 3.39. The number of aromatic nitrogens is 4. The third-order valence-electron chi connectivity index (χ3n) is 4.09. The van der Waals surface area contributed by atoms with Gasteiger partial charge in [-0.15, -0.1) is 0 Å². The van der Waals surface area contributed by atoms with Crippen LogP contribution in [0.15, 0.2) is 51.6 Å². The molecule has 140 valence electrons.